The highest BCUT2D eigenvalue weighted by molar-refractivity contribution is 7.71. The van der Waals surface area contributed by atoms with Gasteiger partial charge in [0.25, 0.3) is 0 Å². The average molecular weight is 252 g/mol. The predicted molar refractivity (Wildman–Crippen MR) is 60.8 cm³/mol. The number of amides is 2. The van der Waals surface area contributed by atoms with Gasteiger partial charge < -0.3 is 0 Å². The first kappa shape index (κ1) is 10.6. The Kier molecular flexibility index (Phi) is 2.36. The summed E-state index contributed by atoms with van der Waals surface area (Å²) in [5.74, 6) is 0.771. The summed E-state index contributed by atoms with van der Waals surface area (Å²) in [6.45, 7) is 0. The van der Waals surface area contributed by atoms with Gasteiger partial charge >= 0.3 is 0 Å². The molecule has 0 radical (unpaired) electrons. The minimum Gasteiger partial charge on any atom is -0.295 e. The number of imide groups is 1. The van der Waals surface area contributed by atoms with Crippen LogP contribution in [-0.2, 0) is 9.59 Å². The monoisotopic (exact) mass is 252 g/mol. The van der Waals surface area contributed by atoms with Crippen LogP contribution in [-0.4, -0.2) is 26.6 Å². The topological polar surface area (TPSA) is 79.8 Å². The van der Waals surface area contributed by atoms with Crippen molar-refractivity contribution in [1.29, 1.82) is 0 Å². The lowest BCUT2D eigenvalue weighted by Gasteiger charge is -2.22. The van der Waals surface area contributed by atoms with E-state index in [2.05, 4.69) is 15.5 Å². The molecule has 1 aromatic heterocycles. The van der Waals surface area contributed by atoms with Crippen LogP contribution < -0.4 is 5.32 Å². The zero-order valence-corrected chi connectivity index (χ0v) is 9.92. The van der Waals surface area contributed by atoms with Gasteiger partial charge in [-0.1, -0.05) is 0 Å². The Labute approximate surface area is 102 Å². The van der Waals surface area contributed by atoms with Gasteiger partial charge in [-0.15, -0.1) is 0 Å². The van der Waals surface area contributed by atoms with Gasteiger partial charge in [0.15, 0.2) is 4.77 Å². The van der Waals surface area contributed by atoms with Crippen molar-refractivity contribution in [2.75, 3.05) is 0 Å². The molecule has 1 unspecified atom stereocenters. The molecule has 17 heavy (non-hydrogen) atoms. The Morgan fingerprint density at radius 1 is 1.29 bits per heavy atom. The maximum Gasteiger partial charge on any atom is 0.249 e. The molecule has 90 valence electrons. The lowest BCUT2D eigenvalue weighted by Crippen LogP contribution is -2.42. The van der Waals surface area contributed by atoms with Gasteiger partial charge in [0, 0.05) is 12.3 Å². The highest BCUT2D eigenvalue weighted by atomic mass is 32.1. The summed E-state index contributed by atoms with van der Waals surface area (Å²) in [7, 11) is 0. The molecule has 0 bridgehead atoms. The molecule has 2 N–H and O–H groups in total. The van der Waals surface area contributed by atoms with Gasteiger partial charge in [-0.05, 0) is 31.5 Å². The smallest absolute Gasteiger partial charge is 0.249 e. The lowest BCUT2D eigenvalue weighted by molar-refractivity contribution is -0.135. The third-order valence-corrected chi connectivity index (χ3v) is 3.48. The van der Waals surface area contributed by atoms with Crippen LogP contribution in [0.1, 0.15) is 43.5 Å². The molecule has 0 spiro atoms. The highest BCUT2D eigenvalue weighted by Crippen LogP contribution is 2.40. The van der Waals surface area contributed by atoms with Crippen LogP contribution in [0.15, 0.2) is 0 Å². The van der Waals surface area contributed by atoms with Crippen LogP contribution >= 0.6 is 12.2 Å². The molecule has 3 rings (SSSR count). The number of nitrogens with zero attached hydrogens (tertiary/aromatic N) is 2. The van der Waals surface area contributed by atoms with E-state index < -0.39 is 6.04 Å². The lowest BCUT2D eigenvalue weighted by atomic mass is 10.1. The molecule has 1 saturated carbocycles. The van der Waals surface area contributed by atoms with Gasteiger partial charge in [-0.3, -0.25) is 24.6 Å². The normalized spacial score (nSPS) is 24.8. The third-order valence-electron chi connectivity index (χ3n) is 3.20. The number of carbonyl (C=O) groups is 2. The first-order valence-corrected chi connectivity index (χ1v) is 6.08. The molecule has 1 aliphatic heterocycles. The minimum absolute atomic E-state index is 0.214. The van der Waals surface area contributed by atoms with Crippen molar-refractivity contribution in [1.82, 2.24) is 20.1 Å². The summed E-state index contributed by atoms with van der Waals surface area (Å²) in [6.07, 6.45) is 3.03. The summed E-state index contributed by atoms with van der Waals surface area (Å²) >= 11 is 5.16. The summed E-state index contributed by atoms with van der Waals surface area (Å²) < 4.78 is 2.23. The second-order valence-electron chi connectivity index (χ2n) is 4.50. The minimum atomic E-state index is -0.394. The number of aromatic amines is 1. The molecule has 2 fully saturated rings. The number of hydrogen-bond acceptors (Lipinski definition) is 4. The second-order valence-corrected chi connectivity index (χ2v) is 4.88. The van der Waals surface area contributed by atoms with Crippen molar-refractivity contribution in [3.8, 4) is 0 Å². The van der Waals surface area contributed by atoms with Crippen molar-refractivity contribution in [2.24, 2.45) is 0 Å². The zero-order valence-electron chi connectivity index (χ0n) is 9.10. The largest absolute Gasteiger partial charge is 0.295 e. The van der Waals surface area contributed by atoms with E-state index in [1.54, 1.807) is 4.57 Å². The number of H-pyrrole nitrogens is 1. The van der Waals surface area contributed by atoms with Gasteiger partial charge in [-0.25, -0.2) is 0 Å². The molecule has 7 heteroatoms. The van der Waals surface area contributed by atoms with E-state index >= 15 is 0 Å². The van der Waals surface area contributed by atoms with Gasteiger partial charge in [0.1, 0.15) is 11.9 Å². The molecular formula is C10H12N4O2S. The van der Waals surface area contributed by atoms with E-state index in [0.717, 1.165) is 18.7 Å². The van der Waals surface area contributed by atoms with Crippen LogP contribution in [0, 0.1) is 4.77 Å². The highest BCUT2D eigenvalue weighted by Gasteiger charge is 2.35. The number of nitrogens with one attached hydrogen (secondary N) is 2. The number of hydrogen-bond donors (Lipinski definition) is 2. The molecule has 2 aliphatic rings. The zero-order chi connectivity index (χ0) is 12.0. The molecule has 1 saturated heterocycles. The Bertz CT molecular complexity index is 543. The van der Waals surface area contributed by atoms with Crippen LogP contribution in [0.25, 0.3) is 0 Å². The quantitative estimate of drug-likeness (QED) is 0.602. The Hall–Kier alpha value is -1.50. The third kappa shape index (κ3) is 1.80. The average Bonchev–Trinajstić information content (AvgIpc) is 3.04. The van der Waals surface area contributed by atoms with Gasteiger partial charge in [-0.2, -0.15) is 5.10 Å². The summed E-state index contributed by atoms with van der Waals surface area (Å²) in [6, 6.07) is -0.394. The first-order valence-electron chi connectivity index (χ1n) is 5.67. The van der Waals surface area contributed by atoms with Crippen LogP contribution in [0.2, 0.25) is 0 Å². The SMILES string of the molecule is O=C1CCC(n2c(C3CC3)n[nH]c2=S)C(=O)N1. The molecule has 2 heterocycles. The fourth-order valence-corrected chi connectivity index (χ4v) is 2.44. The standard InChI is InChI=1S/C10H12N4O2S/c15-7-4-3-6(9(16)11-7)14-8(5-1-2-5)12-13-10(14)17/h5-6H,1-4H2,(H,13,17)(H,11,15,16). The molecule has 0 aromatic carbocycles. The first-order chi connectivity index (χ1) is 8.16. The molecule has 1 atom stereocenters. The van der Waals surface area contributed by atoms with Crippen LogP contribution in [0.3, 0.4) is 0 Å². The Morgan fingerprint density at radius 3 is 2.71 bits per heavy atom. The Balaban J connectivity index is 1.98. The van der Waals surface area contributed by atoms with E-state index in [1.807, 2.05) is 0 Å². The number of aromatic nitrogens is 3. The Morgan fingerprint density at radius 2 is 2.06 bits per heavy atom. The predicted octanol–water partition coefficient (Wildman–Crippen LogP) is 0.796. The fourth-order valence-electron chi connectivity index (χ4n) is 2.18. The molecule has 1 aromatic rings. The van der Waals surface area contributed by atoms with Crippen molar-refractivity contribution in [2.45, 2.75) is 37.6 Å². The van der Waals surface area contributed by atoms with E-state index in [-0.39, 0.29) is 11.8 Å². The maximum atomic E-state index is 11.8. The van der Waals surface area contributed by atoms with E-state index in [4.69, 9.17) is 12.2 Å². The fraction of sp³-hybridized carbons (Fsp3) is 0.600. The van der Waals surface area contributed by atoms with Crippen LogP contribution in [0.4, 0.5) is 0 Å². The van der Waals surface area contributed by atoms with Gasteiger partial charge in [0.05, 0.1) is 0 Å². The summed E-state index contributed by atoms with van der Waals surface area (Å²) in [5, 5.41) is 9.27. The van der Waals surface area contributed by atoms with E-state index in [0.29, 0.717) is 23.5 Å². The van der Waals surface area contributed by atoms with Crippen molar-refractivity contribution < 1.29 is 9.59 Å². The maximum absolute atomic E-state index is 11.8. The second kappa shape index (κ2) is 3.76. The van der Waals surface area contributed by atoms with E-state index in [9.17, 15) is 9.59 Å². The number of rotatable bonds is 2. The molecule has 6 nitrogen and oxygen atoms in total. The van der Waals surface area contributed by atoms with Crippen LogP contribution in [0.5, 0.6) is 0 Å². The van der Waals surface area contributed by atoms with Gasteiger partial charge in [0.2, 0.25) is 11.8 Å². The molecule has 1 aliphatic carbocycles. The van der Waals surface area contributed by atoms with Crippen molar-refractivity contribution in [3.63, 3.8) is 0 Å². The van der Waals surface area contributed by atoms with Crippen molar-refractivity contribution in [3.05, 3.63) is 10.6 Å². The molecule has 2 amide bonds. The van der Waals surface area contributed by atoms with E-state index in [1.165, 1.54) is 0 Å². The number of carbonyl (C=O) groups excluding carboxylic acids is 2. The number of piperidine rings is 1. The summed E-state index contributed by atoms with van der Waals surface area (Å²) in [4.78, 5) is 22.9. The van der Waals surface area contributed by atoms with Crippen molar-refractivity contribution >= 4 is 24.0 Å². The summed E-state index contributed by atoms with van der Waals surface area (Å²) in [5.41, 5.74) is 0. The molecular weight excluding hydrogens is 240 g/mol.